The summed E-state index contributed by atoms with van der Waals surface area (Å²) in [6, 6.07) is 17.9. The molecule has 0 fully saturated rings. The average molecular weight is 395 g/mol. The van der Waals surface area contributed by atoms with Gasteiger partial charge in [0.15, 0.2) is 6.10 Å². The van der Waals surface area contributed by atoms with Crippen LogP contribution in [0.1, 0.15) is 44.7 Å². The minimum atomic E-state index is -0.139. The van der Waals surface area contributed by atoms with Gasteiger partial charge in [0.2, 0.25) is 5.91 Å². The molecule has 1 aliphatic rings. The lowest BCUT2D eigenvalue weighted by atomic mass is 9.91. The van der Waals surface area contributed by atoms with Gasteiger partial charge in [-0.05, 0) is 40.8 Å². The Morgan fingerprint density at radius 3 is 2.45 bits per heavy atom. The van der Waals surface area contributed by atoms with Gasteiger partial charge in [-0.15, -0.1) is 0 Å². The van der Waals surface area contributed by atoms with Crippen LogP contribution >= 0.6 is 0 Å². The molecule has 0 bridgehead atoms. The molecule has 1 aliphatic heterocycles. The Hall–Kier alpha value is -2.82. The van der Waals surface area contributed by atoms with Gasteiger partial charge in [-0.3, -0.25) is 4.79 Å². The van der Waals surface area contributed by atoms with E-state index >= 15 is 0 Å². The Kier molecular flexibility index (Phi) is 6.57. The number of ether oxygens (including phenoxy) is 1. The van der Waals surface area contributed by atoms with Crippen LogP contribution < -0.4 is 4.74 Å². The summed E-state index contributed by atoms with van der Waals surface area (Å²) >= 11 is 0. The Labute approximate surface area is 173 Å². The summed E-state index contributed by atoms with van der Waals surface area (Å²) in [5, 5.41) is 4.27. The van der Waals surface area contributed by atoms with Crippen molar-refractivity contribution in [2.24, 2.45) is 10.6 Å². The summed E-state index contributed by atoms with van der Waals surface area (Å²) in [7, 11) is 1.65. The first-order valence-electron chi connectivity index (χ1n) is 10.0. The summed E-state index contributed by atoms with van der Waals surface area (Å²) in [6.45, 7) is 7.36. The zero-order valence-electron chi connectivity index (χ0n) is 17.7. The molecule has 0 aliphatic carbocycles. The molecule has 0 saturated heterocycles. The number of hydrogen-bond donors (Lipinski definition) is 0. The predicted molar refractivity (Wildman–Crippen MR) is 115 cm³/mol. The topological polar surface area (TPSA) is 51.1 Å². The maximum atomic E-state index is 13.0. The molecule has 5 nitrogen and oxygen atoms in total. The van der Waals surface area contributed by atoms with Crippen LogP contribution in [0.25, 0.3) is 0 Å². The number of nitrogens with zero attached hydrogens (tertiary/aromatic N) is 2. The highest BCUT2D eigenvalue weighted by Gasteiger charge is 2.28. The van der Waals surface area contributed by atoms with E-state index in [0.717, 1.165) is 22.6 Å². The van der Waals surface area contributed by atoms with Crippen molar-refractivity contribution < 1.29 is 14.4 Å². The zero-order valence-corrected chi connectivity index (χ0v) is 17.7. The van der Waals surface area contributed by atoms with Crippen molar-refractivity contribution in [3.05, 3.63) is 65.7 Å². The van der Waals surface area contributed by atoms with Crippen LogP contribution in [0.15, 0.2) is 59.8 Å². The molecule has 0 saturated carbocycles. The van der Waals surface area contributed by atoms with Crippen LogP contribution in [0.2, 0.25) is 0 Å². The van der Waals surface area contributed by atoms with Crippen LogP contribution in [0.4, 0.5) is 0 Å². The van der Waals surface area contributed by atoms with Gasteiger partial charge in [0, 0.05) is 19.4 Å². The number of oxime groups is 1. The molecule has 5 heteroatoms. The number of rotatable bonds is 7. The number of amides is 1. The third-order valence-corrected chi connectivity index (χ3v) is 4.83. The molecule has 0 aromatic heterocycles. The minimum absolute atomic E-state index is 0.0622. The highest BCUT2D eigenvalue weighted by atomic mass is 16.6. The fourth-order valence-electron chi connectivity index (χ4n) is 3.35. The van der Waals surface area contributed by atoms with Crippen molar-refractivity contribution in [2.75, 3.05) is 13.7 Å². The second-order valence-corrected chi connectivity index (χ2v) is 8.70. The molecule has 0 spiro atoms. The largest absolute Gasteiger partial charge is 0.497 e. The van der Waals surface area contributed by atoms with E-state index in [-0.39, 0.29) is 17.4 Å². The summed E-state index contributed by atoms with van der Waals surface area (Å²) < 4.78 is 5.21. The fourth-order valence-corrected chi connectivity index (χ4v) is 3.35. The van der Waals surface area contributed by atoms with Crippen molar-refractivity contribution in [2.45, 2.75) is 46.3 Å². The summed E-state index contributed by atoms with van der Waals surface area (Å²) in [5.41, 5.74) is 2.97. The molecule has 1 amide bonds. The van der Waals surface area contributed by atoms with Crippen molar-refractivity contribution in [1.29, 1.82) is 0 Å². The second-order valence-electron chi connectivity index (χ2n) is 8.70. The summed E-state index contributed by atoms with van der Waals surface area (Å²) in [6.07, 6.45) is 1.04. The lowest BCUT2D eigenvalue weighted by Gasteiger charge is -2.28. The third-order valence-electron chi connectivity index (χ3n) is 4.83. The van der Waals surface area contributed by atoms with Gasteiger partial charge < -0.3 is 14.5 Å². The Balaban J connectivity index is 1.66. The molecule has 0 radical (unpaired) electrons. The van der Waals surface area contributed by atoms with E-state index in [9.17, 15) is 4.79 Å². The maximum absolute atomic E-state index is 13.0. The van der Waals surface area contributed by atoms with E-state index in [1.54, 1.807) is 7.11 Å². The van der Waals surface area contributed by atoms with Gasteiger partial charge in [-0.2, -0.15) is 0 Å². The van der Waals surface area contributed by atoms with Crippen LogP contribution in [-0.2, 0) is 16.2 Å². The highest BCUT2D eigenvalue weighted by molar-refractivity contribution is 6.01. The molecule has 1 atom stereocenters. The van der Waals surface area contributed by atoms with E-state index in [2.05, 4.69) is 25.9 Å². The van der Waals surface area contributed by atoms with Gasteiger partial charge in [0.25, 0.3) is 0 Å². The van der Waals surface area contributed by atoms with Crippen molar-refractivity contribution in [1.82, 2.24) is 4.90 Å². The van der Waals surface area contributed by atoms with E-state index in [4.69, 9.17) is 9.57 Å². The predicted octanol–water partition coefficient (Wildman–Crippen LogP) is 4.65. The van der Waals surface area contributed by atoms with Gasteiger partial charge in [-0.1, -0.05) is 56.3 Å². The average Bonchev–Trinajstić information content (AvgIpc) is 3.15. The number of hydrogen-bond acceptors (Lipinski definition) is 4. The van der Waals surface area contributed by atoms with Crippen LogP contribution in [0, 0.1) is 5.41 Å². The molecule has 2 aromatic carbocycles. The third kappa shape index (κ3) is 6.08. The van der Waals surface area contributed by atoms with Crippen molar-refractivity contribution in [3.63, 3.8) is 0 Å². The van der Waals surface area contributed by atoms with Crippen molar-refractivity contribution >= 4 is 11.6 Å². The molecule has 1 unspecified atom stereocenters. The molecule has 154 valence electrons. The number of carbonyl (C=O) groups is 1. The van der Waals surface area contributed by atoms with E-state index < -0.39 is 0 Å². The van der Waals surface area contributed by atoms with Gasteiger partial charge in [-0.25, -0.2) is 0 Å². The fraction of sp³-hybridized carbons (Fsp3) is 0.417. The molecule has 3 rings (SSSR count). The Morgan fingerprint density at radius 2 is 1.83 bits per heavy atom. The molecule has 1 heterocycles. The van der Waals surface area contributed by atoms with E-state index in [0.29, 0.717) is 25.9 Å². The van der Waals surface area contributed by atoms with Gasteiger partial charge >= 0.3 is 0 Å². The molecule has 29 heavy (non-hydrogen) atoms. The number of carbonyl (C=O) groups excluding carboxylic acids is 1. The summed E-state index contributed by atoms with van der Waals surface area (Å²) in [5.74, 6) is 0.953. The first-order chi connectivity index (χ1) is 13.8. The van der Waals surface area contributed by atoms with Crippen LogP contribution in [-0.4, -0.2) is 36.3 Å². The Morgan fingerprint density at radius 1 is 1.14 bits per heavy atom. The van der Waals surface area contributed by atoms with E-state index in [1.165, 1.54) is 0 Å². The molecular formula is C24H30N2O3. The molecule has 0 N–H and O–H groups in total. The van der Waals surface area contributed by atoms with E-state index in [1.807, 2.05) is 59.5 Å². The normalized spacial score (nSPS) is 16.1. The molecular weight excluding hydrogens is 364 g/mol. The lowest BCUT2D eigenvalue weighted by molar-refractivity contribution is -0.135. The first kappa shape index (κ1) is 20.9. The van der Waals surface area contributed by atoms with Crippen LogP contribution in [0.5, 0.6) is 5.75 Å². The molecule has 2 aromatic rings. The van der Waals surface area contributed by atoms with Crippen molar-refractivity contribution in [3.8, 4) is 5.75 Å². The second kappa shape index (κ2) is 9.12. The number of methoxy groups -OCH3 is 1. The standard InChI is InChI=1S/C24H30N2O3/c1-24(2,3)15-23(27)26(16-18-8-6-5-7-9-18)17-21-14-22(25-29-21)19-10-12-20(28-4)13-11-19/h5-13,21H,14-17H2,1-4H3. The quantitative estimate of drug-likeness (QED) is 0.687. The zero-order chi connectivity index (χ0) is 20.9. The minimum Gasteiger partial charge on any atom is -0.497 e. The Bertz CT molecular complexity index is 839. The monoisotopic (exact) mass is 394 g/mol. The smallest absolute Gasteiger partial charge is 0.223 e. The highest BCUT2D eigenvalue weighted by Crippen LogP contribution is 2.24. The van der Waals surface area contributed by atoms with Gasteiger partial charge in [0.1, 0.15) is 5.75 Å². The number of benzene rings is 2. The van der Waals surface area contributed by atoms with Gasteiger partial charge in [0.05, 0.1) is 19.4 Å². The SMILES string of the molecule is COc1ccc(C2=NOC(CN(Cc3ccccc3)C(=O)CC(C)(C)C)C2)cc1. The lowest BCUT2D eigenvalue weighted by Crippen LogP contribution is -2.38. The maximum Gasteiger partial charge on any atom is 0.223 e. The first-order valence-corrected chi connectivity index (χ1v) is 10.0. The van der Waals surface area contributed by atoms with Crippen LogP contribution in [0.3, 0.4) is 0 Å². The summed E-state index contributed by atoms with van der Waals surface area (Å²) in [4.78, 5) is 20.6.